The molecular formula is C27H27ClN2O2. The summed E-state index contributed by atoms with van der Waals surface area (Å²) >= 11 is 6.00. The molecule has 0 saturated heterocycles. The van der Waals surface area contributed by atoms with Gasteiger partial charge in [0.1, 0.15) is 11.5 Å². The summed E-state index contributed by atoms with van der Waals surface area (Å²) in [4.78, 5) is 4.86. The van der Waals surface area contributed by atoms with Crippen LogP contribution in [0.2, 0.25) is 5.02 Å². The van der Waals surface area contributed by atoms with Crippen molar-refractivity contribution in [2.75, 3.05) is 6.61 Å². The Kier molecular flexibility index (Phi) is 7.13. The van der Waals surface area contributed by atoms with Gasteiger partial charge in [0, 0.05) is 11.6 Å². The highest BCUT2D eigenvalue weighted by atomic mass is 35.5. The van der Waals surface area contributed by atoms with Gasteiger partial charge in [-0.05, 0) is 67.8 Å². The third-order valence-corrected chi connectivity index (χ3v) is 5.55. The molecule has 1 atom stereocenters. The third kappa shape index (κ3) is 5.14. The summed E-state index contributed by atoms with van der Waals surface area (Å²) in [5.74, 6) is 2.58. The van der Waals surface area contributed by atoms with Crippen LogP contribution in [0.5, 0.6) is 11.5 Å². The fourth-order valence-corrected chi connectivity index (χ4v) is 3.91. The van der Waals surface area contributed by atoms with Crippen molar-refractivity contribution in [3.8, 4) is 11.5 Å². The largest absolute Gasteiger partial charge is 0.493 e. The van der Waals surface area contributed by atoms with Crippen molar-refractivity contribution in [1.29, 1.82) is 0 Å². The number of nitrogens with zero attached hydrogens (tertiary/aromatic N) is 2. The van der Waals surface area contributed by atoms with E-state index in [1.807, 2.05) is 73.7 Å². The number of fused-ring (bicyclic) bond motifs is 1. The first-order valence-electron chi connectivity index (χ1n) is 10.8. The first-order chi connectivity index (χ1) is 15.7. The normalized spacial score (nSPS) is 11.9. The summed E-state index contributed by atoms with van der Waals surface area (Å²) in [5.41, 5.74) is 3.22. The topological polar surface area (TPSA) is 36.3 Å². The molecule has 0 spiro atoms. The predicted octanol–water partition coefficient (Wildman–Crippen LogP) is 7.03. The minimum atomic E-state index is -0.210. The van der Waals surface area contributed by atoms with E-state index in [1.165, 1.54) is 0 Å². The molecule has 3 aromatic carbocycles. The molecule has 5 heteroatoms. The summed E-state index contributed by atoms with van der Waals surface area (Å²) < 4.78 is 14.5. The maximum Gasteiger partial charge on any atom is 0.153 e. The van der Waals surface area contributed by atoms with Crippen molar-refractivity contribution in [3.63, 3.8) is 0 Å². The van der Waals surface area contributed by atoms with Gasteiger partial charge < -0.3 is 14.0 Å². The quantitative estimate of drug-likeness (QED) is 0.194. The number of halogens is 1. The Labute approximate surface area is 194 Å². The lowest BCUT2D eigenvalue weighted by Crippen LogP contribution is -2.13. The summed E-state index contributed by atoms with van der Waals surface area (Å²) in [5, 5.41) is 0.687. The lowest BCUT2D eigenvalue weighted by atomic mass is 10.1. The average molecular weight is 447 g/mol. The van der Waals surface area contributed by atoms with E-state index >= 15 is 0 Å². The minimum absolute atomic E-state index is 0.210. The maximum atomic E-state index is 6.16. The molecule has 4 aromatic rings. The van der Waals surface area contributed by atoms with Crippen molar-refractivity contribution in [1.82, 2.24) is 9.55 Å². The zero-order valence-electron chi connectivity index (χ0n) is 18.2. The molecule has 0 N–H and O–H groups in total. The summed E-state index contributed by atoms with van der Waals surface area (Å²) in [6, 6.07) is 23.7. The molecule has 4 nitrogen and oxygen atoms in total. The van der Waals surface area contributed by atoms with Gasteiger partial charge in [-0.2, -0.15) is 0 Å². The van der Waals surface area contributed by atoms with Crippen LogP contribution < -0.4 is 9.47 Å². The Morgan fingerprint density at radius 3 is 2.59 bits per heavy atom. The van der Waals surface area contributed by atoms with Gasteiger partial charge in [0.25, 0.3) is 0 Å². The van der Waals surface area contributed by atoms with Crippen LogP contribution in [0.4, 0.5) is 0 Å². The number of imidazole rings is 1. The standard InChI is InChI=1S/C27H27ClN2O2/c1-3-9-21-10-4-7-13-26(21)31-19-8-18-30-25-12-6-5-11-24(25)29-27(30)20(2)32-23-16-14-22(28)15-17-23/h3-7,10-17,20H,1,8-9,18-19H2,2H3. The van der Waals surface area contributed by atoms with Gasteiger partial charge in [-0.3, -0.25) is 0 Å². The van der Waals surface area contributed by atoms with E-state index in [4.69, 9.17) is 26.1 Å². The SMILES string of the molecule is C=CCc1ccccc1OCCCn1c(C(C)Oc2ccc(Cl)cc2)nc2ccccc21. The van der Waals surface area contributed by atoms with Gasteiger partial charge in [0.05, 0.1) is 17.6 Å². The summed E-state index contributed by atoms with van der Waals surface area (Å²) in [6.45, 7) is 7.26. The highest BCUT2D eigenvalue weighted by molar-refractivity contribution is 6.30. The summed E-state index contributed by atoms with van der Waals surface area (Å²) in [7, 11) is 0. The van der Waals surface area contributed by atoms with E-state index in [2.05, 4.69) is 23.3 Å². The Morgan fingerprint density at radius 1 is 1.03 bits per heavy atom. The number of hydrogen-bond acceptors (Lipinski definition) is 3. The third-order valence-electron chi connectivity index (χ3n) is 5.29. The molecule has 0 aliphatic rings. The number of rotatable bonds is 10. The Balaban J connectivity index is 1.48. The highest BCUT2D eigenvalue weighted by Crippen LogP contribution is 2.26. The van der Waals surface area contributed by atoms with Crippen LogP contribution in [0.25, 0.3) is 11.0 Å². The van der Waals surface area contributed by atoms with Crippen molar-refractivity contribution >= 4 is 22.6 Å². The molecule has 0 saturated carbocycles. The van der Waals surface area contributed by atoms with E-state index in [0.29, 0.717) is 11.6 Å². The minimum Gasteiger partial charge on any atom is -0.493 e. The van der Waals surface area contributed by atoms with Crippen molar-refractivity contribution < 1.29 is 9.47 Å². The van der Waals surface area contributed by atoms with Crippen LogP contribution in [0.1, 0.15) is 30.8 Å². The number of para-hydroxylation sites is 3. The van der Waals surface area contributed by atoms with Crippen molar-refractivity contribution in [2.45, 2.75) is 32.4 Å². The molecule has 32 heavy (non-hydrogen) atoms. The van der Waals surface area contributed by atoms with Crippen LogP contribution in [0.15, 0.2) is 85.5 Å². The van der Waals surface area contributed by atoms with Crippen molar-refractivity contribution in [3.05, 3.63) is 102 Å². The Hall–Kier alpha value is -3.24. The Bertz CT molecular complexity index is 1180. The lowest BCUT2D eigenvalue weighted by Gasteiger charge is -2.17. The smallest absolute Gasteiger partial charge is 0.153 e. The molecule has 4 rings (SSSR count). The van der Waals surface area contributed by atoms with Crippen LogP contribution in [-0.4, -0.2) is 16.2 Å². The number of benzene rings is 3. The predicted molar refractivity (Wildman–Crippen MR) is 131 cm³/mol. The molecule has 0 fully saturated rings. The molecule has 0 aliphatic heterocycles. The van der Waals surface area contributed by atoms with Gasteiger partial charge in [-0.25, -0.2) is 4.98 Å². The van der Waals surface area contributed by atoms with Crippen LogP contribution in [0, 0.1) is 0 Å². The Morgan fingerprint density at radius 2 is 1.78 bits per heavy atom. The van der Waals surface area contributed by atoms with Gasteiger partial charge in [-0.15, -0.1) is 6.58 Å². The highest BCUT2D eigenvalue weighted by Gasteiger charge is 2.18. The maximum absolute atomic E-state index is 6.16. The molecular weight excluding hydrogens is 420 g/mol. The molecule has 0 bridgehead atoms. The number of aryl methyl sites for hydroxylation is 1. The fourth-order valence-electron chi connectivity index (χ4n) is 3.78. The lowest BCUT2D eigenvalue weighted by molar-refractivity contribution is 0.210. The molecule has 1 aromatic heterocycles. The molecule has 1 unspecified atom stereocenters. The molecule has 1 heterocycles. The number of aromatic nitrogens is 2. The molecule has 0 radical (unpaired) electrons. The second-order valence-electron chi connectivity index (χ2n) is 7.63. The summed E-state index contributed by atoms with van der Waals surface area (Å²) in [6.07, 6.45) is 3.33. The van der Waals surface area contributed by atoms with E-state index in [-0.39, 0.29) is 6.10 Å². The van der Waals surface area contributed by atoms with E-state index in [9.17, 15) is 0 Å². The van der Waals surface area contributed by atoms with E-state index < -0.39 is 0 Å². The van der Waals surface area contributed by atoms with Crippen LogP contribution >= 0.6 is 11.6 Å². The van der Waals surface area contributed by atoms with Crippen LogP contribution in [0.3, 0.4) is 0 Å². The van der Waals surface area contributed by atoms with Gasteiger partial charge in [0.15, 0.2) is 11.9 Å². The van der Waals surface area contributed by atoms with E-state index in [1.54, 1.807) is 0 Å². The van der Waals surface area contributed by atoms with Gasteiger partial charge in [0.2, 0.25) is 0 Å². The fraction of sp³-hybridized carbons (Fsp3) is 0.222. The monoisotopic (exact) mass is 446 g/mol. The van der Waals surface area contributed by atoms with Gasteiger partial charge in [-0.1, -0.05) is 48.0 Å². The van der Waals surface area contributed by atoms with Crippen molar-refractivity contribution in [2.24, 2.45) is 0 Å². The van der Waals surface area contributed by atoms with Crippen LogP contribution in [-0.2, 0) is 13.0 Å². The number of ether oxygens (including phenoxy) is 2. The number of allylic oxidation sites excluding steroid dienone is 1. The molecule has 0 aliphatic carbocycles. The first-order valence-corrected chi connectivity index (χ1v) is 11.2. The van der Waals surface area contributed by atoms with Gasteiger partial charge >= 0.3 is 0 Å². The number of hydrogen-bond donors (Lipinski definition) is 0. The average Bonchev–Trinajstić information content (AvgIpc) is 3.18. The first kappa shape index (κ1) is 22.0. The molecule has 164 valence electrons. The van der Waals surface area contributed by atoms with E-state index in [0.717, 1.165) is 53.3 Å². The zero-order valence-corrected chi connectivity index (χ0v) is 19.0. The zero-order chi connectivity index (χ0) is 22.3. The molecule has 0 amide bonds. The second kappa shape index (κ2) is 10.4. The second-order valence-corrected chi connectivity index (χ2v) is 8.06.